The number of nitrogen functional groups attached to an aromatic ring is 1. The van der Waals surface area contributed by atoms with Gasteiger partial charge in [-0.15, -0.1) is 0 Å². The van der Waals surface area contributed by atoms with Crippen LogP contribution in [-0.4, -0.2) is 9.78 Å². The van der Waals surface area contributed by atoms with E-state index in [0.717, 1.165) is 10.1 Å². The van der Waals surface area contributed by atoms with Crippen LogP contribution in [-0.2, 0) is 6.54 Å². The number of rotatable bonds is 2. The van der Waals surface area contributed by atoms with Gasteiger partial charge in [0, 0.05) is 6.54 Å². The maximum Gasteiger partial charge on any atom is 0.159 e. The molecule has 68 valence electrons. The first-order chi connectivity index (χ1) is 5.52. The van der Waals surface area contributed by atoms with E-state index in [0.29, 0.717) is 11.7 Å². The van der Waals surface area contributed by atoms with E-state index in [-0.39, 0.29) is 0 Å². The van der Waals surface area contributed by atoms with Crippen molar-refractivity contribution in [1.82, 2.24) is 9.78 Å². The topological polar surface area (TPSA) is 43.8 Å². The predicted molar refractivity (Wildman–Crippen MR) is 58.9 cm³/mol. The fourth-order valence-electron chi connectivity index (χ4n) is 1.07. The van der Waals surface area contributed by atoms with Gasteiger partial charge in [0.05, 0.1) is 9.26 Å². The van der Waals surface area contributed by atoms with Crippen molar-refractivity contribution in [2.75, 3.05) is 5.73 Å². The molecule has 2 N–H and O–H groups in total. The lowest BCUT2D eigenvalue weighted by molar-refractivity contribution is 0.475. The molecule has 1 aromatic heterocycles. The zero-order chi connectivity index (χ0) is 9.30. The van der Waals surface area contributed by atoms with Crippen LogP contribution in [0.25, 0.3) is 0 Å². The van der Waals surface area contributed by atoms with E-state index < -0.39 is 0 Å². The second kappa shape index (κ2) is 3.64. The zero-order valence-corrected chi connectivity index (χ0v) is 9.79. The summed E-state index contributed by atoms with van der Waals surface area (Å²) in [6.45, 7) is 7.33. The summed E-state index contributed by atoms with van der Waals surface area (Å²) in [5, 5.41) is 4.24. The van der Waals surface area contributed by atoms with Crippen LogP contribution in [0.1, 0.15) is 19.5 Å². The van der Waals surface area contributed by atoms with E-state index in [9.17, 15) is 0 Å². The number of hydrogen-bond donors (Lipinski definition) is 1. The van der Waals surface area contributed by atoms with Crippen LogP contribution in [0, 0.1) is 16.4 Å². The first-order valence-electron chi connectivity index (χ1n) is 4.00. The molecule has 12 heavy (non-hydrogen) atoms. The molecule has 3 nitrogen and oxygen atoms in total. The van der Waals surface area contributed by atoms with E-state index in [1.807, 2.05) is 11.6 Å². The molecule has 0 radical (unpaired) electrons. The van der Waals surface area contributed by atoms with Crippen molar-refractivity contribution < 1.29 is 0 Å². The van der Waals surface area contributed by atoms with Crippen LogP contribution < -0.4 is 5.73 Å². The van der Waals surface area contributed by atoms with E-state index >= 15 is 0 Å². The van der Waals surface area contributed by atoms with Crippen LogP contribution >= 0.6 is 22.6 Å². The van der Waals surface area contributed by atoms with E-state index in [1.54, 1.807) is 0 Å². The number of aromatic nitrogens is 2. The van der Waals surface area contributed by atoms with Crippen molar-refractivity contribution in [3.63, 3.8) is 0 Å². The monoisotopic (exact) mass is 279 g/mol. The Morgan fingerprint density at radius 2 is 2.17 bits per heavy atom. The average molecular weight is 279 g/mol. The molecule has 0 atom stereocenters. The third kappa shape index (κ3) is 1.91. The van der Waals surface area contributed by atoms with Crippen LogP contribution in [0.2, 0.25) is 0 Å². The smallest absolute Gasteiger partial charge is 0.159 e. The van der Waals surface area contributed by atoms with Gasteiger partial charge in [0.25, 0.3) is 0 Å². The Bertz CT molecular complexity index is 278. The molecule has 1 heterocycles. The third-order valence-corrected chi connectivity index (χ3v) is 3.03. The molecule has 1 aromatic rings. The lowest BCUT2D eigenvalue weighted by atomic mass is 10.2. The fraction of sp³-hybridized carbons (Fsp3) is 0.625. The van der Waals surface area contributed by atoms with Gasteiger partial charge in [-0.25, -0.2) is 0 Å². The number of nitrogens with two attached hydrogens (primary N) is 1. The van der Waals surface area contributed by atoms with Crippen molar-refractivity contribution in [3.8, 4) is 0 Å². The van der Waals surface area contributed by atoms with Crippen molar-refractivity contribution in [3.05, 3.63) is 9.26 Å². The second-order valence-corrected chi connectivity index (χ2v) is 4.44. The van der Waals surface area contributed by atoms with Crippen LogP contribution in [0.4, 0.5) is 5.82 Å². The summed E-state index contributed by atoms with van der Waals surface area (Å²) in [5.41, 5.74) is 6.85. The lowest BCUT2D eigenvalue weighted by Crippen LogP contribution is -2.08. The quantitative estimate of drug-likeness (QED) is 0.842. The van der Waals surface area contributed by atoms with Gasteiger partial charge in [0.15, 0.2) is 5.82 Å². The lowest BCUT2D eigenvalue weighted by Gasteiger charge is -2.06. The highest BCUT2D eigenvalue weighted by Crippen LogP contribution is 2.18. The molecule has 0 amide bonds. The first-order valence-corrected chi connectivity index (χ1v) is 5.08. The van der Waals surface area contributed by atoms with Crippen molar-refractivity contribution in [1.29, 1.82) is 0 Å². The fourth-order valence-corrected chi connectivity index (χ4v) is 1.46. The Labute approximate surface area is 86.5 Å². The molecule has 0 bridgehead atoms. The molecular weight excluding hydrogens is 265 g/mol. The standard InChI is InChI=1S/C8H14IN3/c1-5(2)4-12-6(3)7(9)8(10)11-12/h5H,4H2,1-3H3,(H2,10,11). The van der Waals surface area contributed by atoms with Gasteiger partial charge in [-0.2, -0.15) is 5.10 Å². The Hall–Kier alpha value is -0.260. The Morgan fingerprint density at radius 1 is 1.58 bits per heavy atom. The Kier molecular flexibility index (Phi) is 2.98. The maximum absolute atomic E-state index is 5.68. The summed E-state index contributed by atoms with van der Waals surface area (Å²) in [7, 11) is 0. The van der Waals surface area contributed by atoms with Crippen LogP contribution in [0.15, 0.2) is 0 Å². The van der Waals surface area contributed by atoms with E-state index in [2.05, 4.69) is 41.5 Å². The van der Waals surface area contributed by atoms with Gasteiger partial charge in [0.2, 0.25) is 0 Å². The minimum absolute atomic E-state index is 0.610. The Morgan fingerprint density at radius 3 is 2.50 bits per heavy atom. The summed E-state index contributed by atoms with van der Waals surface area (Å²) in [6, 6.07) is 0. The maximum atomic E-state index is 5.68. The number of anilines is 1. The summed E-state index contributed by atoms with van der Waals surface area (Å²) in [5.74, 6) is 1.26. The molecule has 0 aromatic carbocycles. The highest BCUT2D eigenvalue weighted by Gasteiger charge is 2.09. The normalized spacial score (nSPS) is 11.1. The summed E-state index contributed by atoms with van der Waals surface area (Å²) in [6.07, 6.45) is 0. The average Bonchev–Trinajstić information content (AvgIpc) is 2.17. The molecule has 0 spiro atoms. The minimum Gasteiger partial charge on any atom is -0.381 e. The van der Waals surface area contributed by atoms with Gasteiger partial charge in [0.1, 0.15) is 0 Å². The molecule has 0 fully saturated rings. The SMILES string of the molecule is Cc1c(I)c(N)nn1CC(C)C. The molecule has 0 aliphatic rings. The van der Waals surface area contributed by atoms with Crippen LogP contribution in [0.3, 0.4) is 0 Å². The number of hydrogen-bond acceptors (Lipinski definition) is 2. The van der Waals surface area contributed by atoms with Crippen molar-refractivity contribution in [2.24, 2.45) is 5.92 Å². The summed E-state index contributed by atoms with van der Waals surface area (Å²) < 4.78 is 3.05. The molecule has 0 aliphatic carbocycles. The summed E-state index contributed by atoms with van der Waals surface area (Å²) in [4.78, 5) is 0. The van der Waals surface area contributed by atoms with Gasteiger partial charge >= 0.3 is 0 Å². The van der Waals surface area contributed by atoms with Gasteiger partial charge in [-0.3, -0.25) is 4.68 Å². The van der Waals surface area contributed by atoms with Gasteiger partial charge < -0.3 is 5.73 Å². The molecule has 0 unspecified atom stereocenters. The van der Waals surface area contributed by atoms with Crippen molar-refractivity contribution >= 4 is 28.4 Å². The highest BCUT2D eigenvalue weighted by molar-refractivity contribution is 14.1. The van der Waals surface area contributed by atoms with E-state index in [4.69, 9.17) is 5.73 Å². The molecule has 0 saturated carbocycles. The predicted octanol–water partition coefficient (Wildman–Crippen LogP) is 2.03. The van der Waals surface area contributed by atoms with Gasteiger partial charge in [-0.1, -0.05) is 13.8 Å². The first kappa shape index (κ1) is 9.83. The highest BCUT2D eigenvalue weighted by atomic mass is 127. The van der Waals surface area contributed by atoms with Crippen LogP contribution in [0.5, 0.6) is 0 Å². The molecule has 4 heteroatoms. The number of nitrogens with zero attached hydrogens (tertiary/aromatic N) is 2. The van der Waals surface area contributed by atoms with E-state index in [1.165, 1.54) is 5.69 Å². The minimum atomic E-state index is 0.610. The Balaban J connectivity index is 2.93. The molecule has 0 aliphatic heterocycles. The molecule has 1 rings (SSSR count). The second-order valence-electron chi connectivity index (χ2n) is 3.36. The molecule has 0 saturated heterocycles. The summed E-state index contributed by atoms with van der Waals surface area (Å²) >= 11 is 2.23. The zero-order valence-electron chi connectivity index (χ0n) is 7.63. The third-order valence-electron chi connectivity index (χ3n) is 1.70. The molecular formula is C8H14IN3. The number of halogens is 1. The van der Waals surface area contributed by atoms with Crippen molar-refractivity contribution in [2.45, 2.75) is 27.3 Å². The van der Waals surface area contributed by atoms with Gasteiger partial charge in [-0.05, 0) is 35.4 Å². The largest absolute Gasteiger partial charge is 0.381 e.